The molecule has 4 nitrogen and oxygen atoms in total. The monoisotopic (exact) mass is 220 g/mol. The number of pyridine rings is 1. The fourth-order valence-corrected chi connectivity index (χ4v) is 0.908. The predicted molar refractivity (Wildman–Crippen MR) is 68.1 cm³/mol. The number of aromatic nitrogens is 3. The molecule has 16 heavy (non-hydrogen) atoms. The quantitative estimate of drug-likeness (QED) is 0.717. The number of rotatable bonds is 0. The maximum atomic E-state index is 5.35. The van der Waals surface area contributed by atoms with Gasteiger partial charge in [-0.3, -0.25) is 0 Å². The summed E-state index contributed by atoms with van der Waals surface area (Å²) in [5.74, 6) is 1.56. The molecule has 4 heteroatoms. The lowest BCUT2D eigenvalue weighted by molar-refractivity contribution is 1.15. The molecule has 0 atom stereocenters. The average Bonchev–Trinajstić information content (AvgIpc) is 2.73. The molecule has 0 aliphatic carbocycles. The van der Waals surface area contributed by atoms with Crippen LogP contribution in [0.15, 0.2) is 30.6 Å². The van der Waals surface area contributed by atoms with Gasteiger partial charge in [0.2, 0.25) is 0 Å². The summed E-state index contributed by atoms with van der Waals surface area (Å²) < 4.78 is 0. The lowest BCUT2D eigenvalue weighted by atomic mass is 10.4. The summed E-state index contributed by atoms with van der Waals surface area (Å²) in [4.78, 5) is 10.7. The third-order valence-corrected chi connectivity index (χ3v) is 1.54. The van der Waals surface area contributed by atoms with Crippen LogP contribution in [0.1, 0.15) is 25.4 Å². The second kappa shape index (κ2) is 8.47. The number of aryl methyl sites for hydroxylation is 2. The van der Waals surface area contributed by atoms with Crippen LogP contribution in [-0.2, 0) is 0 Å². The molecule has 2 heterocycles. The van der Waals surface area contributed by atoms with Crippen molar-refractivity contribution >= 4 is 5.82 Å². The Morgan fingerprint density at radius 3 is 2.12 bits per heavy atom. The minimum absolute atomic E-state index is 0.588. The topological polar surface area (TPSA) is 67.6 Å². The standard InChI is InChI=1S/C6H8N2.C4H6N2.C2H6/c1-5-3-2-4-6(7)8-5;1-4-5-2-3-6-4;1-2/h2-4H,1H3,(H2,7,8);2-3H,1H3,(H,5,6);1-2H3. The van der Waals surface area contributed by atoms with Crippen molar-refractivity contribution in [1.82, 2.24) is 15.0 Å². The zero-order chi connectivity index (χ0) is 12.4. The van der Waals surface area contributed by atoms with Gasteiger partial charge in [0, 0.05) is 18.1 Å². The number of nitrogen functional groups attached to an aromatic ring is 1. The van der Waals surface area contributed by atoms with Gasteiger partial charge < -0.3 is 10.7 Å². The Bertz CT molecular complexity index is 351. The Balaban J connectivity index is 0.000000251. The van der Waals surface area contributed by atoms with Gasteiger partial charge in [-0.2, -0.15) is 0 Å². The van der Waals surface area contributed by atoms with E-state index in [1.165, 1.54) is 0 Å². The molecule has 0 aliphatic rings. The molecule has 0 aromatic carbocycles. The zero-order valence-electron chi connectivity index (χ0n) is 10.4. The van der Waals surface area contributed by atoms with E-state index in [1.54, 1.807) is 18.5 Å². The van der Waals surface area contributed by atoms with E-state index in [-0.39, 0.29) is 0 Å². The fourth-order valence-electron chi connectivity index (χ4n) is 0.908. The molecule has 0 unspecified atom stereocenters. The lowest BCUT2D eigenvalue weighted by Gasteiger charge is -1.90. The molecule has 2 aromatic heterocycles. The average molecular weight is 220 g/mol. The summed E-state index contributed by atoms with van der Waals surface area (Å²) in [7, 11) is 0. The molecule has 0 radical (unpaired) electrons. The van der Waals surface area contributed by atoms with Gasteiger partial charge in [-0.05, 0) is 26.0 Å². The summed E-state index contributed by atoms with van der Waals surface area (Å²) in [6.45, 7) is 7.83. The number of aromatic amines is 1. The van der Waals surface area contributed by atoms with E-state index in [0.717, 1.165) is 11.5 Å². The highest BCUT2D eigenvalue weighted by Gasteiger charge is 1.82. The number of hydrogen-bond donors (Lipinski definition) is 2. The Labute approximate surface area is 96.9 Å². The molecule has 3 N–H and O–H groups in total. The fraction of sp³-hybridized carbons (Fsp3) is 0.333. The number of nitrogens with zero attached hydrogens (tertiary/aromatic N) is 2. The molecule has 0 aliphatic heterocycles. The molecule has 2 rings (SSSR count). The second-order valence-electron chi connectivity index (χ2n) is 2.88. The first kappa shape index (κ1) is 14.2. The Kier molecular flexibility index (Phi) is 7.49. The zero-order valence-corrected chi connectivity index (χ0v) is 10.4. The lowest BCUT2D eigenvalue weighted by Crippen LogP contribution is -1.89. The summed E-state index contributed by atoms with van der Waals surface area (Å²) in [5.41, 5.74) is 6.31. The predicted octanol–water partition coefficient (Wildman–Crippen LogP) is 2.72. The van der Waals surface area contributed by atoms with E-state index in [2.05, 4.69) is 15.0 Å². The van der Waals surface area contributed by atoms with Gasteiger partial charge in [0.25, 0.3) is 0 Å². The van der Waals surface area contributed by atoms with Crippen molar-refractivity contribution in [2.75, 3.05) is 5.73 Å². The Morgan fingerprint density at radius 1 is 1.19 bits per heavy atom. The normalized spacial score (nSPS) is 8.25. The van der Waals surface area contributed by atoms with Crippen LogP contribution in [0, 0.1) is 13.8 Å². The summed E-state index contributed by atoms with van der Waals surface area (Å²) >= 11 is 0. The van der Waals surface area contributed by atoms with E-state index < -0.39 is 0 Å². The van der Waals surface area contributed by atoms with Gasteiger partial charge in [-0.15, -0.1) is 0 Å². The van der Waals surface area contributed by atoms with Crippen molar-refractivity contribution in [2.24, 2.45) is 0 Å². The molecule has 0 fully saturated rings. The smallest absolute Gasteiger partial charge is 0.123 e. The van der Waals surface area contributed by atoms with Crippen molar-refractivity contribution in [3.63, 3.8) is 0 Å². The van der Waals surface area contributed by atoms with Crippen molar-refractivity contribution in [3.05, 3.63) is 42.1 Å². The van der Waals surface area contributed by atoms with Crippen molar-refractivity contribution in [3.8, 4) is 0 Å². The van der Waals surface area contributed by atoms with Crippen molar-refractivity contribution < 1.29 is 0 Å². The molecule has 0 saturated heterocycles. The first-order valence-electron chi connectivity index (χ1n) is 5.33. The highest BCUT2D eigenvalue weighted by atomic mass is 14.9. The van der Waals surface area contributed by atoms with Crippen LogP contribution in [0.3, 0.4) is 0 Å². The third kappa shape index (κ3) is 6.59. The molecular formula is C12H20N4. The van der Waals surface area contributed by atoms with Crippen LogP contribution in [0.4, 0.5) is 5.82 Å². The van der Waals surface area contributed by atoms with Crippen LogP contribution in [0.5, 0.6) is 0 Å². The van der Waals surface area contributed by atoms with Crippen molar-refractivity contribution in [1.29, 1.82) is 0 Å². The number of H-pyrrole nitrogens is 1. The number of nitrogens with two attached hydrogens (primary N) is 1. The SMILES string of the molecule is CC.Cc1cccc(N)n1.Cc1ncc[nH]1. The van der Waals surface area contributed by atoms with E-state index in [9.17, 15) is 0 Å². The first-order valence-corrected chi connectivity index (χ1v) is 5.33. The minimum atomic E-state index is 0.588. The Morgan fingerprint density at radius 2 is 1.88 bits per heavy atom. The summed E-state index contributed by atoms with van der Waals surface area (Å²) in [5, 5.41) is 0. The van der Waals surface area contributed by atoms with Crippen LogP contribution >= 0.6 is 0 Å². The maximum Gasteiger partial charge on any atom is 0.123 e. The Hall–Kier alpha value is -1.84. The van der Waals surface area contributed by atoms with Crippen LogP contribution in [0.2, 0.25) is 0 Å². The maximum absolute atomic E-state index is 5.35. The van der Waals surface area contributed by atoms with Gasteiger partial charge >= 0.3 is 0 Å². The molecule has 0 spiro atoms. The minimum Gasteiger partial charge on any atom is -0.384 e. The molecule has 0 amide bonds. The summed E-state index contributed by atoms with van der Waals surface area (Å²) in [6.07, 6.45) is 3.53. The third-order valence-electron chi connectivity index (χ3n) is 1.54. The van der Waals surface area contributed by atoms with E-state index >= 15 is 0 Å². The van der Waals surface area contributed by atoms with Crippen LogP contribution in [0.25, 0.3) is 0 Å². The molecular weight excluding hydrogens is 200 g/mol. The van der Waals surface area contributed by atoms with E-state index in [4.69, 9.17) is 5.73 Å². The highest BCUT2D eigenvalue weighted by molar-refractivity contribution is 5.28. The number of nitrogens with one attached hydrogen (secondary N) is 1. The number of imidazole rings is 1. The van der Waals surface area contributed by atoms with Crippen molar-refractivity contribution in [2.45, 2.75) is 27.7 Å². The van der Waals surface area contributed by atoms with Crippen LogP contribution < -0.4 is 5.73 Å². The molecule has 2 aromatic rings. The van der Waals surface area contributed by atoms with Gasteiger partial charge in [-0.1, -0.05) is 19.9 Å². The molecule has 0 saturated carbocycles. The highest BCUT2D eigenvalue weighted by Crippen LogP contribution is 1.96. The molecule has 88 valence electrons. The van der Waals surface area contributed by atoms with E-state index in [0.29, 0.717) is 5.82 Å². The first-order chi connectivity index (χ1) is 7.68. The summed E-state index contributed by atoms with van der Waals surface area (Å²) in [6, 6.07) is 5.57. The molecule has 0 bridgehead atoms. The largest absolute Gasteiger partial charge is 0.384 e. The van der Waals surface area contributed by atoms with Crippen LogP contribution in [-0.4, -0.2) is 15.0 Å². The van der Waals surface area contributed by atoms with E-state index in [1.807, 2.05) is 39.8 Å². The number of anilines is 1. The number of hydrogen-bond acceptors (Lipinski definition) is 3. The van der Waals surface area contributed by atoms with Gasteiger partial charge in [0.1, 0.15) is 11.6 Å². The van der Waals surface area contributed by atoms with Gasteiger partial charge in [0.05, 0.1) is 0 Å². The second-order valence-corrected chi connectivity index (χ2v) is 2.88. The van der Waals surface area contributed by atoms with Gasteiger partial charge in [0.15, 0.2) is 0 Å². The van der Waals surface area contributed by atoms with Gasteiger partial charge in [-0.25, -0.2) is 9.97 Å².